The van der Waals surface area contributed by atoms with Crippen molar-refractivity contribution in [2.24, 2.45) is 5.73 Å². The lowest BCUT2D eigenvalue weighted by atomic mass is 10.7. The molecular weight excluding hydrogens is 150 g/mol. The fourth-order valence-corrected chi connectivity index (χ4v) is 0.275. The summed E-state index contributed by atoms with van der Waals surface area (Å²) in [5, 5.41) is 0. The van der Waals surface area contributed by atoms with Crippen LogP contribution in [0.3, 0.4) is 0 Å². The fraction of sp³-hybridized carbons (Fsp3) is 0.333. The van der Waals surface area contributed by atoms with E-state index < -0.39 is 11.9 Å². The number of carbonyl (C=O) groups excluding carboxylic acids is 2. The first-order valence-electron chi connectivity index (χ1n) is 2.88. The molecule has 5 nitrogen and oxygen atoms in total. The van der Waals surface area contributed by atoms with Crippen LogP contribution in [0.2, 0.25) is 0 Å². The third kappa shape index (κ3) is 6.53. The van der Waals surface area contributed by atoms with E-state index in [0.717, 1.165) is 12.5 Å². The average Bonchev–Trinajstić information content (AvgIpc) is 1.97. The Kier molecular flexibility index (Phi) is 4.76. The van der Waals surface area contributed by atoms with Gasteiger partial charge in [-0.15, -0.1) is 0 Å². The van der Waals surface area contributed by atoms with Gasteiger partial charge in [-0.05, 0) is 0 Å². The van der Waals surface area contributed by atoms with Crippen molar-refractivity contribution in [1.82, 2.24) is 0 Å². The van der Waals surface area contributed by atoms with Gasteiger partial charge in [-0.1, -0.05) is 0 Å². The molecule has 62 valence electrons. The Morgan fingerprint density at radius 2 is 1.91 bits per heavy atom. The Bertz CT molecular complexity index is 175. The van der Waals surface area contributed by atoms with Crippen LogP contribution in [0.15, 0.2) is 12.5 Å². The van der Waals surface area contributed by atoms with E-state index in [2.05, 4.69) is 9.47 Å². The van der Waals surface area contributed by atoms with Crippen LogP contribution < -0.4 is 5.73 Å². The van der Waals surface area contributed by atoms with Crippen LogP contribution in [0.1, 0.15) is 6.92 Å². The van der Waals surface area contributed by atoms with Crippen molar-refractivity contribution in [1.29, 1.82) is 0 Å². The van der Waals surface area contributed by atoms with Crippen molar-refractivity contribution < 1.29 is 19.1 Å². The van der Waals surface area contributed by atoms with Crippen molar-refractivity contribution in [3.8, 4) is 0 Å². The van der Waals surface area contributed by atoms with Crippen LogP contribution in [-0.2, 0) is 19.1 Å². The monoisotopic (exact) mass is 159 g/mol. The molecule has 0 aromatic heterocycles. The second kappa shape index (κ2) is 5.43. The third-order valence-electron chi connectivity index (χ3n) is 0.656. The summed E-state index contributed by atoms with van der Waals surface area (Å²) in [5.41, 5.74) is 4.90. The molecule has 0 radical (unpaired) electrons. The molecule has 0 unspecified atom stereocenters. The largest absolute Gasteiger partial charge is 0.431 e. The van der Waals surface area contributed by atoms with Gasteiger partial charge in [-0.2, -0.15) is 0 Å². The lowest BCUT2D eigenvalue weighted by Gasteiger charge is -1.93. The lowest BCUT2D eigenvalue weighted by molar-refractivity contribution is -0.139. The van der Waals surface area contributed by atoms with E-state index in [0.29, 0.717) is 0 Å². The Balaban J connectivity index is 3.44. The molecule has 0 spiro atoms. The van der Waals surface area contributed by atoms with Crippen LogP contribution >= 0.6 is 0 Å². The average molecular weight is 159 g/mol. The lowest BCUT2D eigenvalue weighted by Crippen LogP contribution is -2.14. The first-order chi connectivity index (χ1) is 5.16. The smallest absolute Gasteiger partial charge is 0.324 e. The molecule has 0 fully saturated rings. The van der Waals surface area contributed by atoms with Crippen LogP contribution in [0.4, 0.5) is 0 Å². The molecule has 2 N–H and O–H groups in total. The number of carbonyl (C=O) groups is 2. The number of esters is 2. The van der Waals surface area contributed by atoms with Crippen molar-refractivity contribution in [3.05, 3.63) is 12.5 Å². The highest BCUT2D eigenvalue weighted by atomic mass is 16.6. The molecule has 0 aliphatic rings. The summed E-state index contributed by atoms with van der Waals surface area (Å²) >= 11 is 0. The Morgan fingerprint density at radius 1 is 1.36 bits per heavy atom. The summed E-state index contributed by atoms with van der Waals surface area (Å²) in [7, 11) is 0. The number of hydrogen-bond acceptors (Lipinski definition) is 5. The second-order valence-electron chi connectivity index (χ2n) is 1.58. The van der Waals surface area contributed by atoms with Gasteiger partial charge in [0, 0.05) is 6.92 Å². The normalized spacial score (nSPS) is 9.64. The van der Waals surface area contributed by atoms with E-state index in [-0.39, 0.29) is 6.54 Å². The van der Waals surface area contributed by atoms with E-state index in [1.165, 1.54) is 6.92 Å². The van der Waals surface area contributed by atoms with Crippen LogP contribution in [0.25, 0.3) is 0 Å². The number of nitrogens with two attached hydrogens (primary N) is 1. The third-order valence-corrected chi connectivity index (χ3v) is 0.656. The maximum atomic E-state index is 10.3. The summed E-state index contributed by atoms with van der Waals surface area (Å²) in [6.45, 7) is 1.03. The number of hydrogen-bond donors (Lipinski definition) is 1. The van der Waals surface area contributed by atoms with Crippen molar-refractivity contribution in [3.63, 3.8) is 0 Å². The first-order valence-corrected chi connectivity index (χ1v) is 2.88. The fourth-order valence-electron chi connectivity index (χ4n) is 0.275. The summed E-state index contributed by atoms with van der Waals surface area (Å²) in [6.07, 6.45) is 1.92. The molecule has 0 aromatic rings. The van der Waals surface area contributed by atoms with E-state index in [9.17, 15) is 9.59 Å². The van der Waals surface area contributed by atoms with Gasteiger partial charge in [0.15, 0.2) is 0 Å². The van der Waals surface area contributed by atoms with Gasteiger partial charge in [-0.3, -0.25) is 9.59 Å². The second-order valence-corrected chi connectivity index (χ2v) is 1.58. The maximum Gasteiger partial charge on any atom is 0.324 e. The Hall–Kier alpha value is -1.36. The highest BCUT2D eigenvalue weighted by Gasteiger charge is 1.93. The minimum absolute atomic E-state index is 0.204. The predicted molar refractivity (Wildman–Crippen MR) is 36.1 cm³/mol. The summed E-state index contributed by atoms with van der Waals surface area (Å²) in [5.74, 6) is -1.07. The number of rotatable bonds is 3. The van der Waals surface area contributed by atoms with Gasteiger partial charge in [0.1, 0.15) is 12.5 Å². The molecule has 0 rings (SSSR count). The van der Waals surface area contributed by atoms with Crippen LogP contribution in [0.5, 0.6) is 0 Å². The zero-order valence-electron chi connectivity index (χ0n) is 6.07. The van der Waals surface area contributed by atoms with E-state index in [1.54, 1.807) is 0 Å². The molecule has 0 bridgehead atoms. The molecule has 0 amide bonds. The standard InChI is InChI=1S/C6H9NO4/c1-5(8)10-2-3-11-6(9)4-7/h2-3H,4,7H2,1H3. The molecule has 0 aromatic carbocycles. The highest BCUT2D eigenvalue weighted by Crippen LogP contribution is 1.81. The zero-order chi connectivity index (χ0) is 8.69. The summed E-state index contributed by atoms with van der Waals surface area (Å²) < 4.78 is 8.62. The van der Waals surface area contributed by atoms with Gasteiger partial charge in [0.05, 0.1) is 6.54 Å². The number of ether oxygens (including phenoxy) is 2. The van der Waals surface area contributed by atoms with Gasteiger partial charge in [-0.25, -0.2) is 0 Å². The maximum absolute atomic E-state index is 10.3. The Morgan fingerprint density at radius 3 is 2.36 bits per heavy atom. The zero-order valence-corrected chi connectivity index (χ0v) is 6.07. The molecular formula is C6H9NO4. The highest BCUT2D eigenvalue weighted by molar-refractivity contribution is 5.72. The van der Waals surface area contributed by atoms with Crippen LogP contribution in [0, 0.1) is 0 Å². The minimum atomic E-state index is -0.589. The molecule has 0 saturated carbocycles. The molecule has 0 aliphatic carbocycles. The topological polar surface area (TPSA) is 78.6 Å². The summed E-state index contributed by atoms with van der Waals surface area (Å²) in [4.78, 5) is 20.4. The molecule has 5 heteroatoms. The Labute approximate surface area is 63.8 Å². The van der Waals surface area contributed by atoms with E-state index in [1.807, 2.05) is 0 Å². The van der Waals surface area contributed by atoms with E-state index >= 15 is 0 Å². The molecule has 0 atom stereocenters. The van der Waals surface area contributed by atoms with Crippen molar-refractivity contribution in [2.45, 2.75) is 6.92 Å². The minimum Gasteiger partial charge on any atom is -0.431 e. The van der Waals surface area contributed by atoms with Crippen molar-refractivity contribution in [2.75, 3.05) is 6.54 Å². The quantitative estimate of drug-likeness (QED) is 0.444. The van der Waals surface area contributed by atoms with E-state index in [4.69, 9.17) is 5.73 Å². The molecule has 0 saturated heterocycles. The van der Waals surface area contributed by atoms with Crippen LogP contribution in [-0.4, -0.2) is 18.5 Å². The molecule has 11 heavy (non-hydrogen) atoms. The first kappa shape index (κ1) is 9.64. The van der Waals surface area contributed by atoms with Gasteiger partial charge in [0.25, 0.3) is 0 Å². The predicted octanol–water partition coefficient (Wildman–Crippen LogP) is -0.477. The van der Waals surface area contributed by atoms with Crippen molar-refractivity contribution >= 4 is 11.9 Å². The van der Waals surface area contributed by atoms with Gasteiger partial charge >= 0.3 is 11.9 Å². The van der Waals surface area contributed by atoms with Gasteiger partial charge < -0.3 is 15.2 Å². The SMILES string of the molecule is CC(=O)OC=COC(=O)CN. The van der Waals surface area contributed by atoms with Gasteiger partial charge in [0.2, 0.25) is 0 Å². The molecule has 0 heterocycles. The summed E-state index contributed by atoms with van der Waals surface area (Å²) in [6, 6.07) is 0. The molecule has 0 aliphatic heterocycles.